The van der Waals surface area contributed by atoms with E-state index in [1.165, 1.54) is 35.2 Å². The van der Waals surface area contributed by atoms with E-state index in [1.54, 1.807) is 30.3 Å². The molecule has 1 fully saturated rings. The molecule has 1 saturated heterocycles. The number of sulfonamides is 1. The molecule has 0 saturated carbocycles. The average molecular weight is 466 g/mol. The van der Waals surface area contributed by atoms with Gasteiger partial charge in [-0.2, -0.15) is 0 Å². The van der Waals surface area contributed by atoms with Gasteiger partial charge in [0.2, 0.25) is 5.91 Å². The zero-order valence-electron chi connectivity index (χ0n) is 15.4. The summed E-state index contributed by atoms with van der Waals surface area (Å²) in [5.74, 6) is -1.54. The van der Waals surface area contributed by atoms with E-state index in [4.69, 9.17) is 12.2 Å². The SMILES string of the molecule is O=C(CCN1C(=O)/C(=C\c2ccccc2F)SC1=S)NNS(=O)(=O)c1ccccc1. The van der Waals surface area contributed by atoms with Crippen molar-refractivity contribution in [2.45, 2.75) is 11.3 Å². The standard InChI is InChI=1S/C19H16FN3O4S3/c20-15-9-5-4-6-13(15)12-16-18(25)23(19(28)29-16)11-10-17(24)21-22-30(26,27)14-7-2-1-3-8-14/h1-9,12,22H,10-11H2,(H,21,24)/b16-12+. The molecule has 3 rings (SSSR count). The molecule has 1 heterocycles. The molecular weight excluding hydrogens is 449 g/mol. The summed E-state index contributed by atoms with van der Waals surface area (Å²) in [7, 11) is -3.90. The molecule has 11 heteroatoms. The highest BCUT2D eigenvalue weighted by molar-refractivity contribution is 8.26. The van der Waals surface area contributed by atoms with Crippen molar-refractivity contribution in [3.05, 3.63) is 70.9 Å². The van der Waals surface area contributed by atoms with Crippen LogP contribution in [-0.4, -0.2) is 36.0 Å². The van der Waals surface area contributed by atoms with Crippen LogP contribution < -0.4 is 10.3 Å². The Hall–Kier alpha value is -2.60. The minimum absolute atomic E-state index is 0.000483. The third-order valence-corrected chi connectivity index (χ3v) is 6.65. The Morgan fingerprint density at radius 2 is 1.80 bits per heavy atom. The van der Waals surface area contributed by atoms with Crippen molar-refractivity contribution in [2.75, 3.05) is 6.54 Å². The maximum absolute atomic E-state index is 13.8. The number of thiocarbonyl (C=S) groups is 1. The van der Waals surface area contributed by atoms with Gasteiger partial charge in [0.25, 0.3) is 15.9 Å². The topological polar surface area (TPSA) is 95.6 Å². The van der Waals surface area contributed by atoms with E-state index >= 15 is 0 Å². The van der Waals surface area contributed by atoms with Crippen LogP contribution in [0.1, 0.15) is 12.0 Å². The summed E-state index contributed by atoms with van der Waals surface area (Å²) < 4.78 is 38.2. The predicted molar refractivity (Wildman–Crippen MR) is 116 cm³/mol. The lowest BCUT2D eigenvalue weighted by molar-refractivity contribution is -0.124. The maximum atomic E-state index is 13.8. The van der Waals surface area contributed by atoms with Crippen LogP contribution in [0, 0.1) is 5.82 Å². The largest absolute Gasteiger partial charge is 0.292 e. The number of amides is 2. The fraction of sp³-hybridized carbons (Fsp3) is 0.105. The second-order valence-electron chi connectivity index (χ2n) is 6.07. The molecule has 2 aromatic carbocycles. The molecule has 0 radical (unpaired) electrons. The van der Waals surface area contributed by atoms with Gasteiger partial charge < -0.3 is 0 Å². The Morgan fingerprint density at radius 3 is 2.50 bits per heavy atom. The number of rotatable bonds is 7. The molecule has 0 atom stereocenters. The Kier molecular flexibility index (Phi) is 6.98. The Balaban J connectivity index is 1.57. The predicted octanol–water partition coefficient (Wildman–Crippen LogP) is 2.43. The first-order valence-corrected chi connectivity index (χ1v) is 11.3. The molecule has 30 heavy (non-hydrogen) atoms. The molecule has 1 aliphatic rings. The van der Waals surface area contributed by atoms with E-state index in [9.17, 15) is 22.4 Å². The van der Waals surface area contributed by atoms with Crippen molar-refractivity contribution in [3.63, 3.8) is 0 Å². The molecule has 7 nitrogen and oxygen atoms in total. The van der Waals surface area contributed by atoms with Crippen LogP contribution in [0.2, 0.25) is 0 Å². The number of carbonyl (C=O) groups is 2. The van der Waals surface area contributed by atoms with Crippen LogP contribution in [-0.2, 0) is 19.6 Å². The van der Waals surface area contributed by atoms with Crippen LogP contribution in [0.3, 0.4) is 0 Å². The summed E-state index contributed by atoms with van der Waals surface area (Å²) in [6.07, 6.45) is 1.22. The third kappa shape index (κ3) is 5.30. The number of carbonyl (C=O) groups excluding carboxylic acids is 2. The Bertz CT molecular complexity index is 1120. The van der Waals surface area contributed by atoms with E-state index in [0.29, 0.717) is 0 Å². The summed E-state index contributed by atoms with van der Waals surface area (Å²) in [6, 6.07) is 13.6. The summed E-state index contributed by atoms with van der Waals surface area (Å²) in [5, 5.41) is 0. The fourth-order valence-electron chi connectivity index (χ4n) is 2.48. The fourth-order valence-corrected chi connectivity index (χ4v) is 4.67. The minimum atomic E-state index is -3.90. The van der Waals surface area contributed by atoms with Crippen molar-refractivity contribution < 1.29 is 22.4 Å². The number of hydrazine groups is 1. The number of benzene rings is 2. The van der Waals surface area contributed by atoms with Gasteiger partial charge in [0.05, 0.1) is 9.80 Å². The summed E-state index contributed by atoms with van der Waals surface area (Å²) in [4.78, 5) is 28.0. The van der Waals surface area contributed by atoms with Crippen LogP contribution in [0.4, 0.5) is 4.39 Å². The molecule has 2 N–H and O–H groups in total. The normalized spacial score (nSPS) is 15.6. The number of thioether (sulfide) groups is 1. The van der Waals surface area contributed by atoms with Gasteiger partial charge in [-0.3, -0.25) is 19.9 Å². The number of hydrogen-bond donors (Lipinski definition) is 2. The van der Waals surface area contributed by atoms with E-state index in [1.807, 2.05) is 4.83 Å². The monoisotopic (exact) mass is 465 g/mol. The summed E-state index contributed by atoms with van der Waals surface area (Å²) >= 11 is 6.18. The quantitative estimate of drug-likeness (QED) is 0.371. The molecule has 2 aromatic rings. The van der Waals surface area contributed by atoms with E-state index in [0.717, 1.165) is 11.8 Å². The second-order valence-corrected chi connectivity index (χ2v) is 9.43. The van der Waals surface area contributed by atoms with E-state index in [2.05, 4.69) is 5.43 Å². The Labute approximate surface area is 182 Å². The van der Waals surface area contributed by atoms with Gasteiger partial charge in [-0.1, -0.05) is 60.4 Å². The first-order chi connectivity index (χ1) is 14.3. The van der Waals surface area contributed by atoms with Crippen molar-refractivity contribution in [3.8, 4) is 0 Å². The highest BCUT2D eigenvalue weighted by Gasteiger charge is 2.32. The smallest absolute Gasteiger partial charge is 0.266 e. The number of hydrogen-bond acceptors (Lipinski definition) is 6. The van der Waals surface area contributed by atoms with E-state index < -0.39 is 27.7 Å². The zero-order valence-corrected chi connectivity index (χ0v) is 17.8. The molecule has 0 bridgehead atoms. The van der Waals surface area contributed by atoms with Crippen LogP contribution >= 0.6 is 24.0 Å². The molecule has 1 aliphatic heterocycles. The van der Waals surface area contributed by atoms with Crippen molar-refractivity contribution >= 4 is 56.2 Å². The third-order valence-electron chi connectivity index (χ3n) is 4.01. The van der Waals surface area contributed by atoms with Crippen LogP contribution in [0.15, 0.2) is 64.4 Å². The van der Waals surface area contributed by atoms with Crippen LogP contribution in [0.25, 0.3) is 6.08 Å². The van der Waals surface area contributed by atoms with Crippen molar-refractivity contribution in [2.24, 2.45) is 0 Å². The average Bonchev–Trinajstić information content (AvgIpc) is 3.00. The second kappa shape index (κ2) is 9.47. The van der Waals surface area contributed by atoms with Gasteiger partial charge in [-0.15, -0.1) is 4.83 Å². The number of nitrogens with zero attached hydrogens (tertiary/aromatic N) is 1. The molecule has 0 unspecified atom stereocenters. The minimum Gasteiger partial charge on any atom is -0.292 e. The Morgan fingerprint density at radius 1 is 1.13 bits per heavy atom. The highest BCUT2D eigenvalue weighted by Crippen LogP contribution is 2.32. The lowest BCUT2D eigenvalue weighted by Gasteiger charge is -2.14. The first-order valence-electron chi connectivity index (χ1n) is 8.63. The molecule has 2 amide bonds. The van der Waals surface area contributed by atoms with Gasteiger partial charge in [-0.05, 0) is 24.3 Å². The van der Waals surface area contributed by atoms with Crippen molar-refractivity contribution in [1.82, 2.24) is 15.2 Å². The number of nitrogens with one attached hydrogen (secondary N) is 2. The van der Waals surface area contributed by atoms with Crippen molar-refractivity contribution in [1.29, 1.82) is 0 Å². The lowest BCUT2D eigenvalue weighted by atomic mass is 10.2. The summed E-state index contributed by atoms with van der Waals surface area (Å²) in [6.45, 7) is -0.0435. The molecule has 156 valence electrons. The van der Waals surface area contributed by atoms with Gasteiger partial charge >= 0.3 is 0 Å². The van der Waals surface area contributed by atoms with Gasteiger partial charge in [0, 0.05) is 18.5 Å². The zero-order chi connectivity index (χ0) is 21.7. The molecular formula is C19H16FN3O4S3. The summed E-state index contributed by atoms with van der Waals surface area (Å²) in [5.41, 5.74) is 2.36. The maximum Gasteiger partial charge on any atom is 0.266 e. The first kappa shape index (κ1) is 22.1. The molecule has 0 aromatic heterocycles. The highest BCUT2D eigenvalue weighted by atomic mass is 32.2. The number of halogens is 1. The molecule has 0 spiro atoms. The molecule has 0 aliphatic carbocycles. The van der Waals surface area contributed by atoms with Crippen LogP contribution in [0.5, 0.6) is 0 Å². The van der Waals surface area contributed by atoms with E-state index in [-0.39, 0.29) is 32.7 Å². The van der Waals surface area contributed by atoms with Gasteiger partial charge in [0.15, 0.2) is 0 Å². The van der Waals surface area contributed by atoms with Gasteiger partial charge in [0.1, 0.15) is 10.1 Å². The van der Waals surface area contributed by atoms with Gasteiger partial charge in [-0.25, -0.2) is 12.8 Å². The lowest BCUT2D eigenvalue weighted by Crippen LogP contribution is -2.43.